The monoisotopic (exact) mass is 490 g/mol. The Morgan fingerprint density at radius 2 is 1.75 bits per heavy atom. The van der Waals surface area contributed by atoms with Gasteiger partial charge in [0.2, 0.25) is 11.9 Å². The fraction of sp³-hybridized carbons (Fsp3) is 0.308. The zero-order chi connectivity index (χ0) is 25.5. The number of nitrogens with zero attached hydrogens (tertiary/aromatic N) is 3. The van der Waals surface area contributed by atoms with Gasteiger partial charge in [0.25, 0.3) is 5.91 Å². The van der Waals surface area contributed by atoms with Gasteiger partial charge in [-0.25, -0.2) is 4.99 Å². The first-order chi connectivity index (χ1) is 17.4. The lowest BCUT2D eigenvalue weighted by Crippen LogP contribution is -2.36. The number of anilines is 2. The second kappa shape index (κ2) is 11.4. The minimum atomic E-state index is -0.341. The molecule has 188 valence electrons. The van der Waals surface area contributed by atoms with Gasteiger partial charge < -0.3 is 20.1 Å². The number of benzene rings is 2. The molecule has 0 bridgehead atoms. The van der Waals surface area contributed by atoms with E-state index < -0.39 is 0 Å². The van der Waals surface area contributed by atoms with Gasteiger partial charge in [0.1, 0.15) is 13.2 Å². The van der Waals surface area contributed by atoms with Crippen molar-refractivity contribution in [3.05, 3.63) is 65.5 Å². The number of hydrogen-bond donors (Lipinski definition) is 3. The lowest BCUT2D eigenvalue weighted by atomic mass is 10.2. The van der Waals surface area contributed by atoms with Crippen molar-refractivity contribution in [3.8, 4) is 11.5 Å². The number of aryl methyl sites for hydroxylation is 2. The second-order valence-electron chi connectivity index (χ2n) is 8.36. The van der Waals surface area contributed by atoms with Crippen molar-refractivity contribution < 1.29 is 19.1 Å². The zero-order valence-electron chi connectivity index (χ0n) is 20.6. The van der Waals surface area contributed by atoms with Crippen LogP contribution in [0, 0.1) is 6.92 Å². The van der Waals surface area contributed by atoms with Crippen molar-refractivity contribution >= 4 is 29.1 Å². The molecule has 1 aromatic heterocycles. The molecule has 0 unspecified atom stereocenters. The average molecular weight is 491 g/mol. The van der Waals surface area contributed by atoms with Crippen LogP contribution in [0.2, 0.25) is 0 Å². The Bertz CT molecular complexity index is 1270. The number of aromatic nitrogens is 2. The van der Waals surface area contributed by atoms with Crippen LogP contribution in [0.3, 0.4) is 0 Å². The summed E-state index contributed by atoms with van der Waals surface area (Å²) < 4.78 is 13.2. The first-order valence-electron chi connectivity index (χ1n) is 11.8. The van der Waals surface area contributed by atoms with Crippen LogP contribution in [0.15, 0.2) is 53.7 Å². The Hall–Kier alpha value is -4.34. The van der Waals surface area contributed by atoms with Gasteiger partial charge >= 0.3 is 0 Å². The standard InChI is InChI=1S/C26H30N6O4/c1-4-11-32-16-20(17(2)31-32)15-27-26(29-22-9-10-23-24(14-22)36-13-12-35-23)30-25(34)19-5-7-21(8-6-19)28-18(3)33/h5-10,14,16H,4,11-13,15H2,1-3H3,(H,28,33)(H2,27,29,30,34). The molecule has 0 radical (unpaired) electrons. The van der Waals surface area contributed by atoms with Gasteiger partial charge in [0.05, 0.1) is 12.2 Å². The summed E-state index contributed by atoms with van der Waals surface area (Å²) in [5, 5.41) is 13.3. The number of nitrogens with one attached hydrogen (secondary N) is 3. The lowest BCUT2D eigenvalue weighted by Gasteiger charge is -2.19. The number of fused-ring (bicyclic) bond motifs is 1. The van der Waals surface area contributed by atoms with Crippen LogP contribution in [-0.4, -0.2) is 40.8 Å². The van der Waals surface area contributed by atoms with Gasteiger partial charge in [-0.05, 0) is 49.7 Å². The van der Waals surface area contributed by atoms with Gasteiger partial charge in [0, 0.05) is 48.2 Å². The van der Waals surface area contributed by atoms with Crippen LogP contribution in [0.4, 0.5) is 11.4 Å². The summed E-state index contributed by atoms with van der Waals surface area (Å²) in [4.78, 5) is 28.9. The number of ether oxygens (including phenoxy) is 2. The first-order valence-corrected chi connectivity index (χ1v) is 11.8. The summed E-state index contributed by atoms with van der Waals surface area (Å²) in [6, 6.07) is 12.1. The molecule has 10 nitrogen and oxygen atoms in total. The van der Waals surface area contributed by atoms with E-state index >= 15 is 0 Å². The van der Waals surface area contributed by atoms with Crippen LogP contribution >= 0.6 is 0 Å². The van der Waals surface area contributed by atoms with Crippen molar-refractivity contribution in [1.29, 1.82) is 0 Å². The van der Waals surface area contributed by atoms with E-state index in [9.17, 15) is 9.59 Å². The maximum absolute atomic E-state index is 13.0. The van der Waals surface area contributed by atoms with Crippen molar-refractivity contribution in [2.45, 2.75) is 40.3 Å². The Morgan fingerprint density at radius 3 is 2.47 bits per heavy atom. The second-order valence-corrected chi connectivity index (χ2v) is 8.36. The number of amides is 2. The van der Waals surface area contributed by atoms with Gasteiger partial charge in [-0.15, -0.1) is 0 Å². The Labute approximate surface area is 209 Å². The van der Waals surface area contributed by atoms with Crippen molar-refractivity contribution in [2.24, 2.45) is 4.99 Å². The summed E-state index contributed by atoms with van der Waals surface area (Å²) in [7, 11) is 0. The minimum Gasteiger partial charge on any atom is -0.486 e. The largest absolute Gasteiger partial charge is 0.486 e. The molecule has 2 aromatic carbocycles. The molecule has 0 fully saturated rings. The normalized spacial score (nSPS) is 12.7. The fourth-order valence-corrected chi connectivity index (χ4v) is 3.68. The third-order valence-electron chi connectivity index (χ3n) is 5.41. The molecule has 1 aliphatic heterocycles. The molecule has 0 spiro atoms. The molecule has 1 aliphatic rings. The number of hydrogen-bond acceptors (Lipinski definition) is 6. The van der Waals surface area contributed by atoms with E-state index in [0.717, 1.165) is 24.2 Å². The zero-order valence-corrected chi connectivity index (χ0v) is 20.6. The Morgan fingerprint density at radius 1 is 1.03 bits per heavy atom. The molecule has 0 aliphatic carbocycles. The molecule has 10 heteroatoms. The molecule has 0 saturated heterocycles. The number of aliphatic imine (C=N–C) groups is 1. The fourth-order valence-electron chi connectivity index (χ4n) is 3.68. The highest BCUT2D eigenvalue weighted by Crippen LogP contribution is 2.32. The van der Waals surface area contributed by atoms with E-state index in [1.807, 2.05) is 36.0 Å². The minimum absolute atomic E-state index is 0.178. The summed E-state index contributed by atoms with van der Waals surface area (Å²) in [5.41, 5.74) is 3.59. The molecule has 2 heterocycles. The van der Waals surface area contributed by atoms with E-state index in [2.05, 4.69) is 33.0 Å². The topological polar surface area (TPSA) is 119 Å². The van der Waals surface area contributed by atoms with Crippen LogP contribution in [0.1, 0.15) is 41.9 Å². The quantitative estimate of drug-likeness (QED) is 0.343. The van der Waals surface area contributed by atoms with E-state index in [-0.39, 0.29) is 17.8 Å². The van der Waals surface area contributed by atoms with Gasteiger partial charge in [-0.2, -0.15) is 5.10 Å². The molecule has 4 rings (SSSR count). The van der Waals surface area contributed by atoms with E-state index in [1.165, 1.54) is 6.92 Å². The highest BCUT2D eigenvalue weighted by molar-refractivity contribution is 6.10. The first kappa shape index (κ1) is 24.8. The third kappa shape index (κ3) is 6.41. The van der Waals surface area contributed by atoms with Crippen molar-refractivity contribution in [2.75, 3.05) is 23.8 Å². The lowest BCUT2D eigenvalue weighted by molar-refractivity contribution is -0.114. The van der Waals surface area contributed by atoms with E-state index in [0.29, 0.717) is 48.2 Å². The molecule has 2 amide bonds. The van der Waals surface area contributed by atoms with Crippen LogP contribution in [0.25, 0.3) is 0 Å². The summed E-state index contributed by atoms with van der Waals surface area (Å²) in [6.45, 7) is 7.63. The Kier molecular flexibility index (Phi) is 7.84. The molecular weight excluding hydrogens is 460 g/mol. The van der Waals surface area contributed by atoms with Gasteiger partial charge in [-0.1, -0.05) is 6.92 Å². The SMILES string of the molecule is CCCn1cc(CN=C(NC(=O)c2ccc(NC(C)=O)cc2)Nc2ccc3c(c2)OCCO3)c(C)n1. The third-order valence-corrected chi connectivity index (χ3v) is 5.41. The molecular formula is C26H30N6O4. The van der Waals surface area contributed by atoms with Crippen LogP contribution in [0.5, 0.6) is 11.5 Å². The molecule has 0 atom stereocenters. The summed E-state index contributed by atoms with van der Waals surface area (Å²) in [5.74, 6) is 1.06. The highest BCUT2D eigenvalue weighted by Gasteiger charge is 2.15. The van der Waals surface area contributed by atoms with Crippen molar-refractivity contribution in [1.82, 2.24) is 15.1 Å². The van der Waals surface area contributed by atoms with Crippen LogP contribution < -0.4 is 25.4 Å². The molecule has 0 saturated carbocycles. The smallest absolute Gasteiger partial charge is 0.257 e. The van der Waals surface area contributed by atoms with Crippen LogP contribution in [-0.2, 0) is 17.9 Å². The maximum Gasteiger partial charge on any atom is 0.257 e. The average Bonchev–Trinajstić information content (AvgIpc) is 3.21. The van der Waals surface area contributed by atoms with Gasteiger partial charge in [0.15, 0.2) is 11.5 Å². The summed E-state index contributed by atoms with van der Waals surface area (Å²) in [6.07, 6.45) is 2.96. The molecule has 36 heavy (non-hydrogen) atoms. The number of carbonyl (C=O) groups is 2. The predicted molar refractivity (Wildman–Crippen MR) is 138 cm³/mol. The van der Waals surface area contributed by atoms with Crippen molar-refractivity contribution in [3.63, 3.8) is 0 Å². The van der Waals surface area contributed by atoms with E-state index in [1.54, 1.807) is 24.3 Å². The highest BCUT2D eigenvalue weighted by atomic mass is 16.6. The molecule has 3 aromatic rings. The maximum atomic E-state index is 13.0. The van der Waals surface area contributed by atoms with E-state index in [4.69, 9.17) is 9.47 Å². The number of carbonyl (C=O) groups excluding carboxylic acids is 2. The number of guanidine groups is 1. The summed E-state index contributed by atoms with van der Waals surface area (Å²) >= 11 is 0. The van der Waals surface area contributed by atoms with Gasteiger partial charge in [-0.3, -0.25) is 19.6 Å². The number of rotatable bonds is 7. The molecule has 3 N–H and O–H groups in total. The predicted octanol–water partition coefficient (Wildman–Crippen LogP) is 3.73. The Balaban J connectivity index is 1.54.